The van der Waals surface area contributed by atoms with E-state index in [1.807, 2.05) is 6.92 Å². The van der Waals surface area contributed by atoms with E-state index in [1.165, 1.54) is 24.3 Å². The van der Waals surface area contributed by atoms with Gasteiger partial charge in [-0.25, -0.2) is 9.18 Å². The number of hydrogen-bond donors (Lipinski definition) is 1. The summed E-state index contributed by atoms with van der Waals surface area (Å²) in [7, 11) is 0. The summed E-state index contributed by atoms with van der Waals surface area (Å²) in [5, 5.41) is 3.46. The Bertz CT molecular complexity index is 1010. The van der Waals surface area contributed by atoms with Gasteiger partial charge in [0.25, 0.3) is 5.91 Å². The molecule has 0 radical (unpaired) electrons. The van der Waals surface area contributed by atoms with Crippen LogP contribution in [0.25, 0.3) is 11.0 Å². The normalized spacial score (nSPS) is 10.7. The lowest BCUT2D eigenvalue weighted by Gasteiger charge is -2.10. The van der Waals surface area contributed by atoms with Crippen LogP contribution in [0.2, 0.25) is 0 Å². The Morgan fingerprint density at radius 3 is 2.68 bits per heavy atom. The van der Waals surface area contributed by atoms with E-state index in [0.29, 0.717) is 22.6 Å². The largest absolute Gasteiger partial charge is 0.484 e. The first-order chi connectivity index (χ1) is 11.9. The molecule has 0 atom stereocenters. The molecule has 0 aliphatic heterocycles. The van der Waals surface area contributed by atoms with Gasteiger partial charge in [-0.15, -0.1) is 0 Å². The van der Waals surface area contributed by atoms with Crippen molar-refractivity contribution in [2.45, 2.75) is 13.8 Å². The van der Waals surface area contributed by atoms with Crippen LogP contribution in [0.4, 0.5) is 10.1 Å². The van der Waals surface area contributed by atoms with Crippen LogP contribution in [0.3, 0.4) is 0 Å². The molecule has 5 nitrogen and oxygen atoms in total. The molecule has 0 unspecified atom stereocenters. The Hall–Kier alpha value is -3.15. The van der Waals surface area contributed by atoms with Crippen molar-refractivity contribution in [2.24, 2.45) is 0 Å². The van der Waals surface area contributed by atoms with E-state index in [4.69, 9.17) is 9.15 Å². The zero-order valence-corrected chi connectivity index (χ0v) is 13.8. The lowest BCUT2D eigenvalue weighted by Crippen LogP contribution is -2.20. The molecule has 25 heavy (non-hydrogen) atoms. The molecule has 0 aliphatic rings. The Morgan fingerprint density at radius 1 is 1.12 bits per heavy atom. The summed E-state index contributed by atoms with van der Waals surface area (Å²) in [6.45, 7) is 3.30. The molecular formula is C19H16FNO4. The maximum Gasteiger partial charge on any atom is 0.336 e. The molecule has 0 fully saturated rings. The van der Waals surface area contributed by atoms with Crippen molar-refractivity contribution >= 4 is 22.6 Å². The first kappa shape index (κ1) is 16.7. The van der Waals surface area contributed by atoms with Crippen molar-refractivity contribution in [3.05, 3.63) is 69.8 Å². The maximum atomic E-state index is 13.1. The van der Waals surface area contributed by atoms with Gasteiger partial charge in [0.05, 0.1) is 0 Å². The van der Waals surface area contributed by atoms with E-state index in [1.54, 1.807) is 25.1 Å². The molecule has 1 aromatic heterocycles. The number of carbonyl (C=O) groups excluding carboxylic acids is 1. The van der Waals surface area contributed by atoms with E-state index >= 15 is 0 Å². The number of benzene rings is 2. The number of halogens is 1. The molecule has 0 bridgehead atoms. The van der Waals surface area contributed by atoms with Crippen LogP contribution < -0.4 is 15.7 Å². The maximum absolute atomic E-state index is 13.1. The highest BCUT2D eigenvalue weighted by Gasteiger charge is 2.08. The molecule has 128 valence electrons. The number of amides is 1. The van der Waals surface area contributed by atoms with Gasteiger partial charge in [-0.3, -0.25) is 4.79 Å². The number of rotatable bonds is 4. The minimum atomic E-state index is -0.438. The highest BCUT2D eigenvalue weighted by molar-refractivity contribution is 5.92. The van der Waals surface area contributed by atoms with E-state index < -0.39 is 5.63 Å². The SMILES string of the molecule is Cc1cc(F)ccc1NC(=O)COc1ccc2c(C)cc(=O)oc2c1. The fourth-order valence-electron chi connectivity index (χ4n) is 2.50. The second-order valence-electron chi connectivity index (χ2n) is 5.70. The Labute approximate surface area is 143 Å². The summed E-state index contributed by atoms with van der Waals surface area (Å²) in [5.41, 5.74) is 1.91. The summed E-state index contributed by atoms with van der Waals surface area (Å²) in [4.78, 5) is 23.4. The minimum absolute atomic E-state index is 0.224. The average molecular weight is 341 g/mol. The summed E-state index contributed by atoms with van der Waals surface area (Å²) in [6.07, 6.45) is 0. The third kappa shape index (κ3) is 3.85. The van der Waals surface area contributed by atoms with Gasteiger partial charge in [-0.05, 0) is 55.3 Å². The van der Waals surface area contributed by atoms with Crippen LogP contribution in [-0.4, -0.2) is 12.5 Å². The van der Waals surface area contributed by atoms with Gasteiger partial charge in [-0.2, -0.15) is 0 Å². The molecule has 3 rings (SSSR count). The Morgan fingerprint density at radius 2 is 1.92 bits per heavy atom. The van der Waals surface area contributed by atoms with Crippen LogP contribution in [0.1, 0.15) is 11.1 Å². The Balaban J connectivity index is 1.69. The highest BCUT2D eigenvalue weighted by Crippen LogP contribution is 2.22. The zero-order chi connectivity index (χ0) is 18.0. The molecule has 1 heterocycles. The number of nitrogens with one attached hydrogen (secondary N) is 1. The molecule has 1 amide bonds. The smallest absolute Gasteiger partial charge is 0.336 e. The summed E-state index contributed by atoms with van der Waals surface area (Å²) >= 11 is 0. The number of anilines is 1. The van der Waals surface area contributed by atoms with Crippen molar-refractivity contribution in [2.75, 3.05) is 11.9 Å². The van der Waals surface area contributed by atoms with Gasteiger partial charge in [0.2, 0.25) is 0 Å². The van der Waals surface area contributed by atoms with Gasteiger partial charge in [0.15, 0.2) is 6.61 Å². The van der Waals surface area contributed by atoms with E-state index in [2.05, 4.69) is 5.32 Å². The molecule has 0 aliphatic carbocycles. The van der Waals surface area contributed by atoms with Gasteiger partial charge in [0.1, 0.15) is 17.1 Å². The third-order valence-electron chi connectivity index (χ3n) is 3.76. The summed E-state index contributed by atoms with van der Waals surface area (Å²) in [5.74, 6) is -0.326. The molecule has 1 N–H and O–H groups in total. The molecule has 3 aromatic rings. The molecular weight excluding hydrogens is 325 g/mol. The quantitative estimate of drug-likeness (QED) is 0.737. The van der Waals surface area contributed by atoms with E-state index in [-0.39, 0.29) is 18.3 Å². The number of ether oxygens (including phenoxy) is 1. The highest BCUT2D eigenvalue weighted by atomic mass is 19.1. The second kappa shape index (κ2) is 6.76. The van der Waals surface area contributed by atoms with E-state index in [0.717, 1.165) is 10.9 Å². The molecule has 2 aromatic carbocycles. The van der Waals surface area contributed by atoms with Crippen molar-refractivity contribution in [3.63, 3.8) is 0 Å². The lowest BCUT2D eigenvalue weighted by atomic mass is 10.1. The Kier molecular flexibility index (Phi) is 4.52. The van der Waals surface area contributed by atoms with Gasteiger partial charge < -0.3 is 14.5 Å². The minimum Gasteiger partial charge on any atom is -0.484 e. The second-order valence-corrected chi connectivity index (χ2v) is 5.70. The molecule has 0 saturated carbocycles. The predicted octanol–water partition coefficient (Wildman–Crippen LogP) is 3.57. The van der Waals surface area contributed by atoms with Crippen molar-refractivity contribution in [1.82, 2.24) is 0 Å². The standard InChI is InChI=1S/C19H16FNO4/c1-11-8-19(23)25-17-9-14(4-5-15(11)17)24-10-18(22)21-16-6-3-13(20)7-12(16)2/h3-9H,10H2,1-2H3,(H,21,22). The van der Waals surface area contributed by atoms with Crippen molar-refractivity contribution in [1.29, 1.82) is 0 Å². The summed E-state index contributed by atoms with van der Waals surface area (Å²) < 4.78 is 23.7. The lowest BCUT2D eigenvalue weighted by molar-refractivity contribution is -0.118. The van der Waals surface area contributed by atoms with Crippen LogP contribution in [0.15, 0.2) is 51.7 Å². The zero-order valence-electron chi connectivity index (χ0n) is 13.8. The van der Waals surface area contributed by atoms with Crippen molar-refractivity contribution < 1.29 is 18.3 Å². The number of carbonyl (C=O) groups is 1. The van der Waals surface area contributed by atoms with Crippen LogP contribution in [0, 0.1) is 19.7 Å². The average Bonchev–Trinajstić information content (AvgIpc) is 2.55. The monoisotopic (exact) mass is 341 g/mol. The summed E-state index contributed by atoms with van der Waals surface area (Å²) in [6, 6.07) is 10.6. The van der Waals surface area contributed by atoms with Gasteiger partial charge >= 0.3 is 5.63 Å². The first-order valence-corrected chi connectivity index (χ1v) is 7.66. The number of aryl methyl sites for hydroxylation is 2. The first-order valence-electron chi connectivity index (χ1n) is 7.66. The molecule has 0 spiro atoms. The van der Waals surface area contributed by atoms with Crippen LogP contribution in [-0.2, 0) is 4.79 Å². The topological polar surface area (TPSA) is 68.5 Å². The third-order valence-corrected chi connectivity index (χ3v) is 3.76. The van der Waals surface area contributed by atoms with Crippen LogP contribution >= 0.6 is 0 Å². The number of fused-ring (bicyclic) bond motifs is 1. The fourth-order valence-corrected chi connectivity index (χ4v) is 2.50. The molecule has 6 heteroatoms. The van der Waals surface area contributed by atoms with Gasteiger partial charge in [0, 0.05) is 23.2 Å². The predicted molar refractivity (Wildman–Crippen MR) is 92.5 cm³/mol. The van der Waals surface area contributed by atoms with Crippen molar-refractivity contribution in [3.8, 4) is 5.75 Å². The number of hydrogen-bond acceptors (Lipinski definition) is 4. The van der Waals surface area contributed by atoms with E-state index in [9.17, 15) is 14.0 Å². The van der Waals surface area contributed by atoms with Crippen LogP contribution in [0.5, 0.6) is 5.75 Å². The van der Waals surface area contributed by atoms with Gasteiger partial charge in [-0.1, -0.05) is 0 Å². The fraction of sp³-hybridized carbons (Fsp3) is 0.158. The molecule has 0 saturated heterocycles.